The van der Waals surface area contributed by atoms with Crippen LogP contribution in [0.1, 0.15) is 5.56 Å². The Morgan fingerprint density at radius 3 is 2.83 bits per heavy atom. The second-order valence-electron chi connectivity index (χ2n) is 4.54. The van der Waals surface area contributed by atoms with E-state index in [2.05, 4.69) is 22.9 Å². The fourth-order valence-electron chi connectivity index (χ4n) is 2.19. The van der Waals surface area contributed by atoms with Gasteiger partial charge >= 0.3 is 0 Å². The van der Waals surface area contributed by atoms with E-state index < -0.39 is 0 Å². The number of hydrogen-bond acceptors (Lipinski definition) is 3. The van der Waals surface area contributed by atoms with Crippen LogP contribution in [-0.4, -0.2) is 44.2 Å². The van der Waals surface area contributed by atoms with Gasteiger partial charge in [-0.15, -0.1) is 6.58 Å². The lowest BCUT2D eigenvalue weighted by Crippen LogP contribution is -2.44. The van der Waals surface area contributed by atoms with E-state index in [9.17, 15) is 0 Å². The third-order valence-electron chi connectivity index (χ3n) is 3.21. The van der Waals surface area contributed by atoms with Crippen LogP contribution in [0.2, 0.25) is 0 Å². The summed E-state index contributed by atoms with van der Waals surface area (Å²) in [5.41, 5.74) is 1.22. The van der Waals surface area contributed by atoms with Crippen LogP contribution < -0.4 is 10.1 Å². The van der Waals surface area contributed by atoms with Crippen molar-refractivity contribution in [3.05, 3.63) is 42.5 Å². The first-order valence-corrected chi connectivity index (χ1v) is 6.65. The van der Waals surface area contributed by atoms with E-state index in [0.717, 1.165) is 51.5 Å². The summed E-state index contributed by atoms with van der Waals surface area (Å²) in [6.45, 7) is 9.97. The molecule has 0 unspecified atom stereocenters. The van der Waals surface area contributed by atoms with Crippen LogP contribution in [0.4, 0.5) is 0 Å². The van der Waals surface area contributed by atoms with Gasteiger partial charge in [-0.05, 0) is 18.1 Å². The Hall–Kier alpha value is -1.32. The number of rotatable bonds is 6. The summed E-state index contributed by atoms with van der Waals surface area (Å²) in [6, 6.07) is 8.20. The summed E-state index contributed by atoms with van der Waals surface area (Å²) >= 11 is 0. The van der Waals surface area contributed by atoms with Gasteiger partial charge in [-0.1, -0.05) is 24.3 Å². The van der Waals surface area contributed by atoms with Gasteiger partial charge in [0.1, 0.15) is 12.4 Å². The Bertz CT molecular complexity index is 373. The van der Waals surface area contributed by atoms with Crippen LogP contribution in [0.25, 0.3) is 0 Å². The summed E-state index contributed by atoms with van der Waals surface area (Å²) in [6.07, 6.45) is 2.78. The molecule has 2 rings (SSSR count). The molecule has 3 heteroatoms. The van der Waals surface area contributed by atoms with Crippen LogP contribution in [-0.2, 0) is 6.42 Å². The van der Waals surface area contributed by atoms with Crippen molar-refractivity contribution >= 4 is 0 Å². The summed E-state index contributed by atoms with van der Waals surface area (Å²) in [5.74, 6) is 0.993. The molecular weight excluding hydrogens is 224 g/mol. The fraction of sp³-hybridized carbons (Fsp3) is 0.467. The second kappa shape index (κ2) is 7.19. The zero-order valence-electron chi connectivity index (χ0n) is 10.9. The Kier molecular flexibility index (Phi) is 5.24. The molecule has 1 aromatic rings. The monoisotopic (exact) mass is 246 g/mol. The molecule has 3 nitrogen and oxygen atoms in total. The van der Waals surface area contributed by atoms with Gasteiger partial charge in [-0.2, -0.15) is 0 Å². The first-order valence-electron chi connectivity index (χ1n) is 6.65. The van der Waals surface area contributed by atoms with Crippen molar-refractivity contribution in [1.82, 2.24) is 10.2 Å². The molecule has 1 saturated heterocycles. The molecule has 0 atom stereocenters. The summed E-state index contributed by atoms with van der Waals surface area (Å²) < 4.78 is 5.88. The number of nitrogens with zero attached hydrogens (tertiary/aromatic N) is 1. The SMILES string of the molecule is C=CCc1ccccc1OCCN1CCNCC1. The van der Waals surface area contributed by atoms with Crippen LogP contribution in [0.15, 0.2) is 36.9 Å². The lowest BCUT2D eigenvalue weighted by molar-refractivity contribution is 0.190. The highest BCUT2D eigenvalue weighted by molar-refractivity contribution is 5.34. The molecule has 1 aliphatic heterocycles. The average molecular weight is 246 g/mol. The smallest absolute Gasteiger partial charge is 0.122 e. The Morgan fingerprint density at radius 2 is 2.06 bits per heavy atom. The Labute approximate surface area is 109 Å². The van der Waals surface area contributed by atoms with Gasteiger partial charge in [-0.3, -0.25) is 4.90 Å². The standard InChI is InChI=1S/C15H22N2O/c1-2-5-14-6-3-4-7-15(14)18-13-12-17-10-8-16-9-11-17/h2-4,6-7,16H,1,5,8-13H2. The van der Waals surface area contributed by atoms with Gasteiger partial charge < -0.3 is 10.1 Å². The van der Waals surface area contributed by atoms with E-state index in [1.807, 2.05) is 24.3 Å². The van der Waals surface area contributed by atoms with E-state index in [-0.39, 0.29) is 0 Å². The van der Waals surface area contributed by atoms with E-state index >= 15 is 0 Å². The average Bonchev–Trinajstić information content (AvgIpc) is 2.42. The molecule has 98 valence electrons. The van der Waals surface area contributed by atoms with Crippen molar-refractivity contribution in [2.45, 2.75) is 6.42 Å². The lowest BCUT2D eigenvalue weighted by atomic mass is 10.1. The van der Waals surface area contributed by atoms with Crippen molar-refractivity contribution in [3.63, 3.8) is 0 Å². The summed E-state index contributed by atoms with van der Waals surface area (Å²) in [5, 5.41) is 3.36. The third-order valence-corrected chi connectivity index (χ3v) is 3.21. The Balaban J connectivity index is 1.80. The molecule has 18 heavy (non-hydrogen) atoms. The zero-order valence-corrected chi connectivity index (χ0v) is 10.9. The van der Waals surface area contributed by atoms with E-state index in [1.165, 1.54) is 5.56 Å². The molecular formula is C15H22N2O. The molecule has 1 N–H and O–H groups in total. The number of hydrogen-bond donors (Lipinski definition) is 1. The predicted molar refractivity (Wildman–Crippen MR) is 75.1 cm³/mol. The van der Waals surface area contributed by atoms with Gasteiger partial charge in [0.25, 0.3) is 0 Å². The highest BCUT2D eigenvalue weighted by Crippen LogP contribution is 2.18. The largest absolute Gasteiger partial charge is 0.492 e. The number of allylic oxidation sites excluding steroid dienone is 1. The van der Waals surface area contributed by atoms with E-state index in [0.29, 0.717) is 0 Å². The number of piperazine rings is 1. The topological polar surface area (TPSA) is 24.5 Å². The van der Waals surface area contributed by atoms with Gasteiger partial charge in [0.15, 0.2) is 0 Å². The van der Waals surface area contributed by atoms with Crippen molar-refractivity contribution in [2.75, 3.05) is 39.3 Å². The fourth-order valence-corrected chi connectivity index (χ4v) is 2.19. The minimum atomic E-state index is 0.758. The maximum absolute atomic E-state index is 5.88. The first kappa shape index (κ1) is 13.1. The molecule has 0 aliphatic carbocycles. The normalized spacial score (nSPS) is 16.4. The van der Waals surface area contributed by atoms with Crippen molar-refractivity contribution in [2.24, 2.45) is 0 Å². The maximum atomic E-state index is 5.88. The molecule has 1 aliphatic rings. The summed E-state index contributed by atoms with van der Waals surface area (Å²) in [7, 11) is 0. The molecule has 0 aromatic heterocycles. The quantitative estimate of drug-likeness (QED) is 0.773. The highest BCUT2D eigenvalue weighted by Gasteiger charge is 2.09. The van der Waals surface area contributed by atoms with E-state index in [4.69, 9.17) is 4.74 Å². The Morgan fingerprint density at radius 1 is 1.28 bits per heavy atom. The molecule has 0 spiro atoms. The number of ether oxygens (including phenoxy) is 1. The number of benzene rings is 1. The minimum absolute atomic E-state index is 0.758. The predicted octanol–water partition coefficient (Wildman–Crippen LogP) is 1.70. The van der Waals surface area contributed by atoms with Crippen molar-refractivity contribution in [3.8, 4) is 5.75 Å². The van der Waals surface area contributed by atoms with Gasteiger partial charge in [0.05, 0.1) is 0 Å². The maximum Gasteiger partial charge on any atom is 0.122 e. The molecule has 0 radical (unpaired) electrons. The number of para-hydroxylation sites is 1. The zero-order chi connectivity index (χ0) is 12.6. The van der Waals surface area contributed by atoms with Gasteiger partial charge in [0, 0.05) is 32.7 Å². The molecule has 0 bridgehead atoms. The lowest BCUT2D eigenvalue weighted by Gasteiger charge is -2.27. The summed E-state index contributed by atoms with van der Waals surface area (Å²) in [4.78, 5) is 2.44. The van der Waals surface area contributed by atoms with Gasteiger partial charge in [-0.25, -0.2) is 0 Å². The van der Waals surface area contributed by atoms with Crippen LogP contribution in [0.3, 0.4) is 0 Å². The molecule has 0 amide bonds. The second-order valence-corrected chi connectivity index (χ2v) is 4.54. The van der Waals surface area contributed by atoms with Crippen molar-refractivity contribution in [1.29, 1.82) is 0 Å². The molecule has 1 fully saturated rings. The van der Waals surface area contributed by atoms with Gasteiger partial charge in [0.2, 0.25) is 0 Å². The first-order chi connectivity index (χ1) is 8.90. The third kappa shape index (κ3) is 3.86. The highest BCUT2D eigenvalue weighted by atomic mass is 16.5. The van der Waals surface area contributed by atoms with E-state index in [1.54, 1.807) is 0 Å². The van der Waals surface area contributed by atoms with Crippen LogP contribution in [0.5, 0.6) is 5.75 Å². The van der Waals surface area contributed by atoms with Crippen molar-refractivity contribution < 1.29 is 4.74 Å². The molecule has 1 aromatic carbocycles. The van der Waals surface area contributed by atoms with Crippen LogP contribution >= 0.6 is 0 Å². The number of nitrogens with one attached hydrogen (secondary N) is 1. The van der Waals surface area contributed by atoms with Crippen LogP contribution in [0, 0.1) is 0 Å². The molecule has 1 heterocycles. The molecule has 0 saturated carbocycles. The minimum Gasteiger partial charge on any atom is -0.492 e.